The second-order valence-corrected chi connectivity index (χ2v) is 2.83. The van der Waals surface area contributed by atoms with Crippen LogP contribution >= 0.6 is 0 Å². The fourth-order valence-electron chi connectivity index (χ4n) is 1.12. The molecule has 0 amide bonds. The summed E-state index contributed by atoms with van der Waals surface area (Å²) in [4.78, 5) is 3.88. The van der Waals surface area contributed by atoms with Gasteiger partial charge < -0.3 is 10.1 Å². The number of ether oxygens (including phenoxy) is 1. The molecule has 0 radical (unpaired) electrons. The van der Waals surface area contributed by atoms with E-state index in [1.165, 1.54) is 12.3 Å². The first-order chi connectivity index (χ1) is 6.77. The largest absolute Gasteiger partial charge is 0.478 e. The number of pyridine rings is 1. The van der Waals surface area contributed by atoms with Gasteiger partial charge in [-0.1, -0.05) is 6.92 Å². The Hall–Kier alpha value is -1.16. The summed E-state index contributed by atoms with van der Waals surface area (Å²) in [6.45, 7) is 5.82. The van der Waals surface area contributed by atoms with E-state index in [0.29, 0.717) is 19.0 Å². The van der Waals surface area contributed by atoms with Gasteiger partial charge in [0.05, 0.1) is 12.8 Å². The molecule has 78 valence electrons. The summed E-state index contributed by atoms with van der Waals surface area (Å²) in [5, 5.41) is 3.10. The average molecular weight is 198 g/mol. The normalized spacial score (nSPS) is 10.2. The molecule has 1 aromatic rings. The van der Waals surface area contributed by atoms with Crippen LogP contribution in [-0.2, 0) is 6.54 Å². The van der Waals surface area contributed by atoms with Gasteiger partial charge in [-0.2, -0.15) is 0 Å². The molecule has 0 saturated heterocycles. The summed E-state index contributed by atoms with van der Waals surface area (Å²) in [7, 11) is 0. The molecule has 0 fully saturated rings. The lowest BCUT2D eigenvalue weighted by Gasteiger charge is -2.08. The fraction of sp³-hybridized carbons (Fsp3) is 0.500. The van der Waals surface area contributed by atoms with Crippen molar-refractivity contribution >= 4 is 0 Å². The van der Waals surface area contributed by atoms with Crippen molar-refractivity contribution in [1.82, 2.24) is 10.3 Å². The van der Waals surface area contributed by atoms with Gasteiger partial charge in [0.25, 0.3) is 0 Å². The molecule has 3 nitrogen and oxygen atoms in total. The molecule has 14 heavy (non-hydrogen) atoms. The molecule has 0 atom stereocenters. The standard InChI is InChI=1S/C10H15FN2O/c1-3-12-6-8-5-9(11)7-13-10(8)14-4-2/h5,7,12H,3-4,6H2,1-2H3. The minimum Gasteiger partial charge on any atom is -0.478 e. The molecule has 0 aliphatic rings. The van der Waals surface area contributed by atoms with Crippen LogP contribution in [0, 0.1) is 5.82 Å². The monoisotopic (exact) mass is 198 g/mol. The van der Waals surface area contributed by atoms with Crippen LogP contribution < -0.4 is 10.1 Å². The van der Waals surface area contributed by atoms with E-state index in [1.54, 1.807) is 0 Å². The lowest BCUT2D eigenvalue weighted by Crippen LogP contribution is -2.13. The Balaban J connectivity index is 2.79. The predicted octanol–water partition coefficient (Wildman–Crippen LogP) is 1.73. The molecule has 0 aromatic carbocycles. The topological polar surface area (TPSA) is 34.2 Å². The Morgan fingerprint density at radius 1 is 1.50 bits per heavy atom. The van der Waals surface area contributed by atoms with Crippen LogP contribution in [0.3, 0.4) is 0 Å². The van der Waals surface area contributed by atoms with Crippen LogP contribution in [0.4, 0.5) is 4.39 Å². The number of hydrogen-bond donors (Lipinski definition) is 1. The van der Waals surface area contributed by atoms with Gasteiger partial charge >= 0.3 is 0 Å². The van der Waals surface area contributed by atoms with E-state index in [-0.39, 0.29) is 5.82 Å². The molecule has 1 N–H and O–H groups in total. The third-order valence-corrected chi connectivity index (χ3v) is 1.74. The minimum atomic E-state index is -0.332. The van der Waals surface area contributed by atoms with Crippen LogP contribution in [0.25, 0.3) is 0 Å². The molecule has 0 spiro atoms. The van der Waals surface area contributed by atoms with Crippen LogP contribution in [0.1, 0.15) is 19.4 Å². The summed E-state index contributed by atoms with van der Waals surface area (Å²) in [6, 6.07) is 1.45. The molecule has 0 bridgehead atoms. The van der Waals surface area contributed by atoms with E-state index in [9.17, 15) is 4.39 Å². The van der Waals surface area contributed by atoms with E-state index < -0.39 is 0 Å². The van der Waals surface area contributed by atoms with Crippen molar-refractivity contribution in [2.75, 3.05) is 13.2 Å². The highest BCUT2D eigenvalue weighted by molar-refractivity contribution is 5.25. The van der Waals surface area contributed by atoms with E-state index in [4.69, 9.17) is 4.74 Å². The van der Waals surface area contributed by atoms with Gasteiger partial charge in [0, 0.05) is 12.1 Å². The second kappa shape index (κ2) is 5.54. The molecule has 0 saturated carbocycles. The molecule has 0 unspecified atom stereocenters. The van der Waals surface area contributed by atoms with Gasteiger partial charge in [-0.15, -0.1) is 0 Å². The smallest absolute Gasteiger partial charge is 0.218 e. The van der Waals surface area contributed by atoms with Gasteiger partial charge in [-0.25, -0.2) is 9.37 Å². The van der Waals surface area contributed by atoms with Crippen LogP contribution in [0.15, 0.2) is 12.3 Å². The molecular formula is C10H15FN2O. The minimum absolute atomic E-state index is 0.332. The summed E-state index contributed by atoms with van der Waals surface area (Å²) in [6.07, 6.45) is 1.17. The zero-order chi connectivity index (χ0) is 10.4. The highest BCUT2D eigenvalue weighted by Crippen LogP contribution is 2.15. The third kappa shape index (κ3) is 2.96. The van der Waals surface area contributed by atoms with Crippen LogP contribution in [0.5, 0.6) is 5.88 Å². The number of nitrogens with zero attached hydrogens (tertiary/aromatic N) is 1. The van der Waals surface area contributed by atoms with Crippen molar-refractivity contribution in [3.63, 3.8) is 0 Å². The van der Waals surface area contributed by atoms with Gasteiger partial charge in [0.2, 0.25) is 5.88 Å². The summed E-state index contributed by atoms with van der Waals surface area (Å²) >= 11 is 0. The van der Waals surface area contributed by atoms with Crippen molar-refractivity contribution in [1.29, 1.82) is 0 Å². The SMILES string of the molecule is CCNCc1cc(F)cnc1OCC. The first-order valence-corrected chi connectivity index (χ1v) is 4.75. The molecule has 1 aromatic heterocycles. The Kier molecular flexibility index (Phi) is 4.32. The molecule has 0 aliphatic carbocycles. The van der Waals surface area contributed by atoms with Crippen LogP contribution in [-0.4, -0.2) is 18.1 Å². The van der Waals surface area contributed by atoms with Crippen molar-refractivity contribution in [2.45, 2.75) is 20.4 Å². The van der Waals surface area contributed by atoms with Gasteiger partial charge in [0.15, 0.2) is 0 Å². The Morgan fingerprint density at radius 2 is 2.29 bits per heavy atom. The maximum Gasteiger partial charge on any atom is 0.218 e. The van der Waals surface area contributed by atoms with Gasteiger partial charge in [-0.05, 0) is 19.5 Å². The maximum absolute atomic E-state index is 12.9. The number of aromatic nitrogens is 1. The maximum atomic E-state index is 12.9. The molecule has 1 rings (SSSR count). The van der Waals surface area contributed by atoms with Crippen LogP contribution in [0.2, 0.25) is 0 Å². The average Bonchev–Trinajstić information content (AvgIpc) is 2.18. The van der Waals surface area contributed by atoms with Crippen molar-refractivity contribution in [3.05, 3.63) is 23.6 Å². The predicted molar refractivity (Wildman–Crippen MR) is 52.7 cm³/mol. The Labute approximate surface area is 83.3 Å². The third-order valence-electron chi connectivity index (χ3n) is 1.74. The summed E-state index contributed by atoms with van der Waals surface area (Å²) < 4.78 is 18.1. The lowest BCUT2D eigenvalue weighted by atomic mass is 10.2. The summed E-state index contributed by atoms with van der Waals surface area (Å²) in [5.41, 5.74) is 0.758. The molecule has 1 heterocycles. The molecule has 0 aliphatic heterocycles. The van der Waals surface area contributed by atoms with E-state index in [0.717, 1.165) is 12.1 Å². The number of hydrogen-bond acceptors (Lipinski definition) is 3. The van der Waals surface area contributed by atoms with E-state index >= 15 is 0 Å². The quantitative estimate of drug-likeness (QED) is 0.782. The highest BCUT2D eigenvalue weighted by Gasteiger charge is 2.05. The zero-order valence-electron chi connectivity index (χ0n) is 8.51. The highest BCUT2D eigenvalue weighted by atomic mass is 19.1. The molecule has 4 heteroatoms. The molecular weight excluding hydrogens is 183 g/mol. The number of nitrogens with one attached hydrogen (secondary N) is 1. The zero-order valence-corrected chi connectivity index (χ0v) is 8.51. The lowest BCUT2D eigenvalue weighted by molar-refractivity contribution is 0.320. The first-order valence-electron chi connectivity index (χ1n) is 4.75. The summed E-state index contributed by atoms with van der Waals surface area (Å²) in [5.74, 6) is 0.177. The second-order valence-electron chi connectivity index (χ2n) is 2.83. The van der Waals surface area contributed by atoms with E-state index in [2.05, 4.69) is 10.3 Å². The Bertz CT molecular complexity index is 291. The van der Waals surface area contributed by atoms with Crippen molar-refractivity contribution in [3.8, 4) is 5.88 Å². The number of halogens is 1. The Morgan fingerprint density at radius 3 is 2.93 bits per heavy atom. The van der Waals surface area contributed by atoms with Gasteiger partial charge in [0.1, 0.15) is 5.82 Å². The van der Waals surface area contributed by atoms with Crippen molar-refractivity contribution < 1.29 is 9.13 Å². The van der Waals surface area contributed by atoms with Gasteiger partial charge in [-0.3, -0.25) is 0 Å². The van der Waals surface area contributed by atoms with E-state index in [1.807, 2.05) is 13.8 Å². The van der Waals surface area contributed by atoms with Crippen molar-refractivity contribution in [2.24, 2.45) is 0 Å². The fourth-order valence-corrected chi connectivity index (χ4v) is 1.12. The first kappa shape index (κ1) is 10.9. The number of rotatable bonds is 5.